The maximum atomic E-state index is 13.2. The molecule has 1 fully saturated rings. The Morgan fingerprint density at radius 1 is 1.06 bits per heavy atom. The molecule has 34 heavy (non-hydrogen) atoms. The molecule has 0 aliphatic carbocycles. The normalized spacial score (nSPS) is 15.3. The van der Waals surface area contributed by atoms with Crippen molar-refractivity contribution < 1.29 is 36.4 Å². The number of carbonyl (C=O) groups excluding carboxylic acids is 3. The summed E-state index contributed by atoms with van der Waals surface area (Å²) in [6.07, 6.45) is -3.24. The highest BCUT2D eigenvalue weighted by molar-refractivity contribution is 8.18. The zero-order chi connectivity index (χ0) is 24.5. The summed E-state index contributed by atoms with van der Waals surface area (Å²) in [5.74, 6) is -1.71. The Bertz CT molecular complexity index is 1320. The minimum Gasteiger partial charge on any atom is -0.457 e. The third-order valence-corrected chi connectivity index (χ3v) is 5.57. The molecule has 3 amide bonds. The SMILES string of the molecule is O=C(CN1C(=O)S/C(=C/c2ccc(-c3cccc(C(F)(F)F)c3)o2)C1=O)Nc1cccc(F)c1. The molecule has 3 aromatic rings. The third-order valence-electron chi connectivity index (χ3n) is 4.66. The molecule has 2 aromatic carbocycles. The minimum absolute atomic E-state index is 0.0199. The number of alkyl halides is 3. The van der Waals surface area contributed by atoms with E-state index in [9.17, 15) is 31.9 Å². The molecule has 0 saturated carbocycles. The Morgan fingerprint density at radius 3 is 2.56 bits per heavy atom. The summed E-state index contributed by atoms with van der Waals surface area (Å²) < 4.78 is 57.6. The lowest BCUT2D eigenvalue weighted by Gasteiger charge is -2.12. The Kier molecular flexibility index (Phi) is 6.29. The molecule has 0 atom stereocenters. The number of imide groups is 1. The van der Waals surface area contributed by atoms with Crippen molar-refractivity contribution in [2.45, 2.75) is 6.18 Å². The Hall–Kier alpha value is -3.86. The van der Waals surface area contributed by atoms with Gasteiger partial charge in [0, 0.05) is 17.3 Å². The second-order valence-corrected chi connectivity index (χ2v) is 8.10. The van der Waals surface area contributed by atoms with E-state index >= 15 is 0 Å². The number of carbonyl (C=O) groups is 3. The van der Waals surface area contributed by atoms with Crippen LogP contribution in [0.5, 0.6) is 0 Å². The van der Waals surface area contributed by atoms with E-state index in [1.54, 1.807) is 0 Å². The number of nitrogens with zero attached hydrogens (tertiary/aromatic N) is 1. The second-order valence-electron chi connectivity index (χ2n) is 7.11. The van der Waals surface area contributed by atoms with Gasteiger partial charge in [-0.2, -0.15) is 13.2 Å². The van der Waals surface area contributed by atoms with Crippen LogP contribution in [0.3, 0.4) is 0 Å². The highest BCUT2D eigenvalue weighted by Gasteiger charge is 2.36. The number of anilines is 1. The van der Waals surface area contributed by atoms with Gasteiger partial charge in [-0.3, -0.25) is 19.3 Å². The first kappa shape index (κ1) is 23.3. The minimum atomic E-state index is -4.51. The fourth-order valence-corrected chi connectivity index (χ4v) is 3.93. The van der Waals surface area contributed by atoms with E-state index in [0.29, 0.717) is 11.8 Å². The summed E-state index contributed by atoms with van der Waals surface area (Å²) in [5.41, 5.74) is -0.470. The van der Waals surface area contributed by atoms with Crippen molar-refractivity contribution in [3.05, 3.63) is 82.7 Å². The Morgan fingerprint density at radius 2 is 1.82 bits per heavy atom. The number of halogens is 4. The first-order chi connectivity index (χ1) is 16.1. The first-order valence-electron chi connectivity index (χ1n) is 9.68. The van der Waals surface area contributed by atoms with Gasteiger partial charge in [-0.1, -0.05) is 18.2 Å². The van der Waals surface area contributed by atoms with Gasteiger partial charge in [-0.25, -0.2) is 4.39 Å². The third kappa shape index (κ3) is 5.20. The van der Waals surface area contributed by atoms with E-state index < -0.39 is 41.2 Å². The average Bonchev–Trinajstić information content (AvgIpc) is 3.34. The van der Waals surface area contributed by atoms with E-state index in [4.69, 9.17) is 4.42 Å². The van der Waals surface area contributed by atoms with Gasteiger partial charge in [0.15, 0.2) is 0 Å². The van der Waals surface area contributed by atoms with Gasteiger partial charge in [-0.05, 0) is 54.2 Å². The molecule has 174 valence electrons. The summed E-state index contributed by atoms with van der Waals surface area (Å²) in [6.45, 7) is -0.577. The van der Waals surface area contributed by atoms with Crippen LogP contribution < -0.4 is 5.32 Å². The summed E-state index contributed by atoms with van der Waals surface area (Å²) in [6, 6.07) is 12.6. The molecule has 1 aliphatic rings. The fourth-order valence-electron chi connectivity index (χ4n) is 3.11. The van der Waals surface area contributed by atoms with Crippen LogP contribution in [0.1, 0.15) is 11.3 Å². The highest BCUT2D eigenvalue weighted by Crippen LogP contribution is 2.35. The van der Waals surface area contributed by atoms with Crippen molar-refractivity contribution in [3.63, 3.8) is 0 Å². The molecule has 0 radical (unpaired) electrons. The lowest BCUT2D eigenvalue weighted by atomic mass is 10.1. The van der Waals surface area contributed by atoms with Crippen molar-refractivity contribution in [2.24, 2.45) is 0 Å². The van der Waals surface area contributed by atoms with Crippen molar-refractivity contribution in [1.82, 2.24) is 4.90 Å². The smallest absolute Gasteiger partial charge is 0.416 e. The Balaban J connectivity index is 1.46. The predicted molar refractivity (Wildman–Crippen MR) is 117 cm³/mol. The molecule has 0 bridgehead atoms. The largest absolute Gasteiger partial charge is 0.457 e. The van der Waals surface area contributed by atoms with E-state index in [2.05, 4.69) is 5.32 Å². The molecular formula is C23H14F4N2O4S. The van der Waals surface area contributed by atoms with Crippen LogP contribution >= 0.6 is 11.8 Å². The average molecular weight is 490 g/mol. The number of thioether (sulfide) groups is 1. The quantitative estimate of drug-likeness (QED) is 0.362. The van der Waals surface area contributed by atoms with Gasteiger partial charge >= 0.3 is 6.18 Å². The number of rotatable bonds is 5. The standard InChI is InChI=1S/C23H14F4N2O4S/c24-15-5-2-6-16(10-15)28-20(30)12-29-21(31)19(34-22(29)32)11-17-7-8-18(33-17)13-3-1-4-14(9-13)23(25,26)27/h1-11H,12H2,(H,28,30)/b19-11+. The molecule has 1 aliphatic heterocycles. The highest BCUT2D eigenvalue weighted by atomic mass is 32.2. The summed E-state index contributed by atoms with van der Waals surface area (Å²) in [4.78, 5) is 37.7. The lowest BCUT2D eigenvalue weighted by molar-refractivity contribution is -0.137. The maximum absolute atomic E-state index is 13.2. The van der Waals surface area contributed by atoms with Gasteiger partial charge in [0.25, 0.3) is 11.1 Å². The molecular weight excluding hydrogens is 476 g/mol. The molecule has 2 heterocycles. The summed E-state index contributed by atoms with van der Waals surface area (Å²) >= 11 is 0.588. The van der Waals surface area contributed by atoms with Crippen LogP contribution in [0.25, 0.3) is 17.4 Å². The van der Waals surface area contributed by atoms with Crippen LogP contribution in [-0.4, -0.2) is 28.5 Å². The van der Waals surface area contributed by atoms with Crippen molar-refractivity contribution in [2.75, 3.05) is 11.9 Å². The van der Waals surface area contributed by atoms with Crippen LogP contribution in [0.4, 0.5) is 28.0 Å². The van der Waals surface area contributed by atoms with Gasteiger partial charge in [0.1, 0.15) is 23.9 Å². The molecule has 4 rings (SSSR count). The lowest BCUT2D eigenvalue weighted by Crippen LogP contribution is -2.36. The van der Waals surface area contributed by atoms with Gasteiger partial charge < -0.3 is 9.73 Å². The number of nitrogens with one attached hydrogen (secondary N) is 1. The Labute approximate surface area is 194 Å². The first-order valence-corrected chi connectivity index (χ1v) is 10.5. The monoisotopic (exact) mass is 490 g/mol. The van der Waals surface area contributed by atoms with E-state index in [-0.39, 0.29) is 27.7 Å². The fraction of sp³-hybridized carbons (Fsp3) is 0.0870. The summed E-state index contributed by atoms with van der Waals surface area (Å²) in [7, 11) is 0. The molecule has 1 N–H and O–H groups in total. The molecule has 11 heteroatoms. The van der Waals surface area contributed by atoms with Gasteiger partial charge in [-0.15, -0.1) is 0 Å². The maximum Gasteiger partial charge on any atom is 0.416 e. The number of benzene rings is 2. The van der Waals surface area contributed by atoms with Crippen molar-refractivity contribution >= 4 is 40.6 Å². The van der Waals surface area contributed by atoms with Crippen molar-refractivity contribution in [1.29, 1.82) is 0 Å². The van der Waals surface area contributed by atoms with E-state index in [1.807, 2.05) is 0 Å². The molecule has 0 spiro atoms. The van der Waals surface area contributed by atoms with Crippen LogP contribution in [0.15, 0.2) is 70.0 Å². The zero-order valence-electron chi connectivity index (χ0n) is 17.1. The van der Waals surface area contributed by atoms with Crippen LogP contribution in [-0.2, 0) is 15.8 Å². The molecule has 0 unspecified atom stereocenters. The molecule has 6 nitrogen and oxygen atoms in total. The van der Waals surface area contributed by atoms with Crippen LogP contribution in [0, 0.1) is 5.82 Å². The van der Waals surface area contributed by atoms with Crippen LogP contribution in [0.2, 0.25) is 0 Å². The predicted octanol–water partition coefficient (Wildman–Crippen LogP) is 5.78. The number of furan rings is 1. The second kappa shape index (κ2) is 9.18. The molecule has 1 saturated heterocycles. The van der Waals surface area contributed by atoms with Crippen molar-refractivity contribution in [3.8, 4) is 11.3 Å². The summed E-state index contributed by atoms with van der Waals surface area (Å²) in [5, 5.41) is 1.71. The molecule has 1 aromatic heterocycles. The number of hydrogen-bond acceptors (Lipinski definition) is 5. The topological polar surface area (TPSA) is 79.6 Å². The van der Waals surface area contributed by atoms with E-state index in [1.165, 1.54) is 48.5 Å². The number of amides is 3. The van der Waals surface area contributed by atoms with Gasteiger partial charge in [0.2, 0.25) is 5.91 Å². The number of hydrogen-bond donors (Lipinski definition) is 1. The van der Waals surface area contributed by atoms with E-state index in [0.717, 1.165) is 23.1 Å². The zero-order valence-corrected chi connectivity index (χ0v) is 17.9. The van der Waals surface area contributed by atoms with Gasteiger partial charge in [0.05, 0.1) is 10.5 Å².